The summed E-state index contributed by atoms with van der Waals surface area (Å²) in [6, 6.07) is 20.5. The van der Waals surface area contributed by atoms with Crippen LogP contribution in [0.2, 0.25) is 0 Å². The Balaban J connectivity index is 1.73. The van der Waals surface area contributed by atoms with Crippen LogP contribution >= 0.6 is 12.2 Å². The van der Waals surface area contributed by atoms with Crippen LogP contribution in [0.25, 0.3) is 10.9 Å². The molecule has 3 aromatic rings. The van der Waals surface area contributed by atoms with Crippen LogP contribution in [0.3, 0.4) is 0 Å². The van der Waals surface area contributed by atoms with Crippen molar-refractivity contribution in [2.24, 2.45) is 5.16 Å². The Morgan fingerprint density at radius 3 is 2.76 bits per heavy atom. The van der Waals surface area contributed by atoms with Gasteiger partial charge in [-0.3, -0.25) is 4.98 Å². The number of rotatable bonds is 5. The van der Waals surface area contributed by atoms with Gasteiger partial charge >= 0.3 is 0 Å². The molecular weight excluding hydrogens is 378 g/mol. The summed E-state index contributed by atoms with van der Waals surface area (Å²) >= 11 is 5.84. The topological polar surface area (TPSA) is 46.5 Å². The van der Waals surface area contributed by atoms with E-state index >= 15 is 0 Å². The van der Waals surface area contributed by atoms with Crippen molar-refractivity contribution in [2.45, 2.75) is 37.7 Å². The number of para-hydroxylation sites is 1. The van der Waals surface area contributed by atoms with Crippen molar-refractivity contribution in [2.75, 3.05) is 7.05 Å². The molecule has 1 atom stereocenters. The van der Waals surface area contributed by atoms with E-state index in [2.05, 4.69) is 22.6 Å². The average molecular weight is 404 g/mol. The number of likely N-dealkylation sites (N-methyl/N-ethyl adjacent to an activating group) is 1. The summed E-state index contributed by atoms with van der Waals surface area (Å²) in [6.45, 7) is 0.447. The molecule has 1 heterocycles. The highest BCUT2D eigenvalue weighted by Gasteiger charge is 2.44. The van der Waals surface area contributed by atoms with E-state index < -0.39 is 5.41 Å². The third-order valence-electron chi connectivity index (χ3n) is 5.65. The first-order valence-corrected chi connectivity index (χ1v) is 10.5. The van der Waals surface area contributed by atoms with E-state index in [1.807, 2.05) is 61.8 Å². The van der Waals surface area contributed by atoms with E-state index in [-0.39, 0.29) is 0 Å². The molecule has 1 aliphatic rings. The highest BCUT2D eigenvalue weighted by Crippen LogP contribution is 2.39. The van der Waals surface area contributed by atoms with Gasteiger partial charge in [0, 0.05) is 18.6 Å². The lowest BCUT2D eigenvalue weighted by atomic mass is 9.68. The van der Waals surface area contributed by atoms with Crippen LogP contribution in [-0.4, -0.2) is 22.7 Å². The van der Waals surface area contributed by atoms with Gasteiger partial charge in [0.25, 0.3) is 0 Å². The van der Waals surface area contributed by atoms with E-state index in [1.54, 1.807) is 0 Å². The first kappa shape index (κ1) is 19.5. The standard InChI is InChI=1S/C24H25N3OS/c1-25-23(29)24(20-15-19-11-5-6-12-21(19)26-16-20)14-8-7-13-22(24)27-28-17-18-9-3-2-4-10-18/h2-6,9-12,15-16H,7-8,13-14,17H2,1H3,(H,25,29). The zero-order valence-electron chi connectivity index (χ0n) is 16.6. The maximum atomic E-state index is 5.84. The van der Waals surface area contributed by atoms with Gasteiger partial charge < -0.3 is 10.2 Å². The molecule has 0 spiro atoms. The second kappa shape index (κ2) is 8.70. The summed E-state index contributed by atoms with van der Waals surface area (Å²) in [7, 11) is 1.88. The van der Waals surface area contributed by atoms with Gasteiger partial charge in [0.2, 0.25) is 0 Å². The largest absolute Gasteiger partial charge is 0.391 e. The molecule has 0 amide bonds. The van der Waals surface area contributed by atoms with Crippen molar-refractivity contribution >= 4 is 33.8 Å². The van der Waals surface area contributed by atoms with E-state index in [9.17, 15) is 0 Å². The first-order valence-electron chi connectivity index (χ1n) is 10.0. The fourth-order valence-corrected chi connectivity index (χ4v) is 4.46. The van der Waals surface area contributed by atoms with E-state index in [0.29, 0.717) is 6.61 Å². The van der Waals surface area contributed by atoms with Crippen LogP contribution < -0.4 is 5.32 Å². The van der Waals surface area contributed by atoms with Crippen molar-refractivity contribution in [1.29, 1.82) is 0 Å². The molecule has 1 aromatic heterocycles. The normalized spacial score (nSPS) is 20.5. The van der Waals surface area contributed by atoms with Crippen LogP contribution in [0, 0.1) is 0 Å². The first-order chi connectivity index (χ1) is 14.2. The number of benzene rings is 2. The second-order valence-electron chi connectivity index (χ2n) is 7.41. The van der Waals surface area contributed by atoms with Crippen molar-refractivity contribution in [3.8, 4) is 0 Å². The number of hydrogen-bond acceptors (Lipinski definition) is 4. The van der Waals surface area contributed by atoms with Crippen LogP contribution in [0.15, 0.2) is 72.0 Å². The number of aromatic nitrogens is 1. The third kappa shape index (κ3) is 3.87. The maximum Gasteiger partial charge on any atom is 0.142 e. The minimum absolute atomic E-state index is 0.447. The van der Waals surface area contributed by atoms with Gasteiger partial charge in [-0.05, 0) is 42.5 Å². The van der Waals surface area contributed by atoms with Crippen molar-refractivity contribution in [3.05, 3.63) is 78.0 Å². The molecule has 29 heavy (non-hydrogen) atoms. The zero-order chi connectivity index (χ0) is 20.1. The highest BCUT2D eigenvalue weighted by atomic mass is 32.1. The fraction of sp³-hybridized carbons (Fsp3) is 0.292. The summed E-state index contributed by atoms with van der Waals surface area (Å²) in [5.41, 5.74) is 3.67. The number of fused-ring (bicyclic) bond motifs is 1. The second-order valence-corrected chi connectivity index (χ2v) is 7.81. The quantitative estimate of drug-likeness (QED) is 0.472. The van der Waals surface area contributed by atoms with Crippen molar-refractivity contribution in [1.82, 2.24) is 10.3 Å². The Hall–Kier alpha value is -2.79. The number of nitrogens with one attached hydrogen (secondary N) is 1. The highest BCUT2D eigenvalue weighted by molar-refractivity contribution is 7.80. The van der Waals surface area contributed by atoms with Gasteiger partial charge in [-0.25, -0.2) is 0 Å². The summed E-state index contributed by atoms with van der Waals surface area (Å²) in [5.74, 6) is 0. The lowest BCUT2D eigenvalue weighted by Crippen LogP contribution is -2.50. The van der Waals surface area contributed by atoms with Gasteiger partial charge in [0.15, 0.2) is 0 Å². The van der Waals surface area contributed by atoms with Gasteiger partial charge in [-0.1, -0.05) is 72.3 Å². The molecule has 2 aromatic carbocycles. The van der Waals surface area contributed by atoms with Crippen LogP contribution in [-0.2, 0) is 16.9 Å². The van der Waals surface area contributed by atoms with E-state index in [1.165, 1.54) is 0 Å². The molecule has 1 saturated carbocycles. The Morgan fingerprint density at radius 2 is 1.93 bits per heavy atom. The Bertz CT molecular complexity index is 1030. The molecule has 4 rings (SSSR count). The smallest absolute Gasteiger partial charge is 0.142 e. The average Bonchev–Trinajstić information content (AvgIpc) is 2.79. The number of hydrogen-bond donors (Lipinski definition) is 1. The van der Waals surface area contributed by atoms with E-state index in [0.717, 1.165) is 58.4 Å². The van der Waals surface area contributed by atoms with E-state index in [4.69, 9.17) is 22.0 Å². The molecule has 0 radical (unpaired) electrons. The monoisotopic (exact) mass is 403 g/mol. The van der Waals surface area contributed by atoms with Gasteiger partial charge in [-0.15, -0.1) is 0 Å². The number of thiocarbonyl (C=S) groups is 1. The van der Waals surface area contributed by atoms with Gasteiger partial charge in [0.05, 0.1) is 21.6 Å². The number of nitrogens with zero attached hydrogens (tertiary/aromatic N) is 2. The Labute approximate surface area is 177 Å². The molecule has 1 fully saturated rings. The maximum absolute atomic E-state index is 5.84. The molecule has 148 valence electrons. The lowest BCUT2D eigenvalue weighted by Gasteiger charge is -2.38. The molecule has 0 aliphatic heterocycles. The number of pyridine rings is 1. The minimum Gasteiger partial charge on any atom is -0.391 e. The molecule has 0 bridgehead atoms. The fourth-order valence-electron chi connectivity index (χ4n) is 4.13. The molecule has 4 nitrogen and oxygen atoms in total. The summed E-state index contributed by atoms with van der Waals surface area (Å²) in [5, 5.41) is 8.96. The summed E-state index contributed by atoms with van der Waals surface area (Å²) in [6.07, 6.45) is 5.89. The van der Waals surface area contributed by atoms with Crippen LogP contribution in [0.5, 0.6) is 0 Å². The number of oxime groups is 1. The molecule has 0 saturated heterocycles. The van der Waals surface area contributed by atoms with Gasteiger partial charge in [-0.2, -0.15) is 0 Å². The lowest BCUT2D eigenvalue weighted by molar-refractivity contribution is 0.127. The van der Waals surface area contributed by atoms with Crippen molar-refractivity contribution < 1.29 is 4.84 Å². The molecule has 5 heteroatoms. The minimum atomic E-state index is -0.476. The zero-order valence-corrected chi connectivity index (χ0v) is 17.4. The van der Waals surface area contributed by atoms with Crippen molar-refractivity contribution in [3.63, 3.8) is 0 Å². The third-order valence-corrected chi connectivity index (χ3v) is 6.21. The molecule has 1 N–H and O–H groups in total. The molecule has 1 aliphatic carbocycles. The Morgan fingerprint density at radius 1 is 1.14 bits per heavy atom. The predicted molar refractivity (Wildman–Crippen MR) is 122 cm³/mol. The van der Waals surface area contributed by atoms with Crippen LogP contribution in [0.1, 0.15) is 36.8 Å². The Kier molecular flexibility index (Phi) is 5.86. The molecular formula is C24H25N3OS. The molecule has 1 unspecified atom stereocenters. The van der Waals surface area contributed by atoms with Gasteiger partial charge in [0.1, 0.15) is 6.61 Å². The SMILES string of the molecule is CNC(=S)C1(c2cnc3ccccc3c2)CCCCC1=NOCc1ccccc1. The summed E-state index contributed by atoms with van der Waals surface area (Å²) in [4.78, 5) is 11.3. The predicted octanol–water partition coefficient (Wildman–Crippen LogP) is 5.17. The summed E-state index contributed by atoms with van der Waals surface area (Å²) < 4.78 is 0. The van der Waals surface area contributed by atoms with Crippen LogP contribution in [0.4, 0.5) is 0 Å².